The van der Waals surface area contributed by atoms with Crippen LogP contribution >= 0.6 is 0 Å². The molecule has 0 fully saturated rings. The van der Waals surface area contributed by atoms with Crippen LogP contribution in [0.25, 0.3) is 0 Å². The van der Waals surface area contributed by atoms with Crippen LogP contribution in [0.3, 0.4) is 0 Å². The molecule has 0 bridgehead atoms. The van der Waals surface area contributed by atoms with Crippen LogP contribution in [0.2, 0.25) is 0 Å². The number of benzene rings is 3. The van der Waals surface area contributed by atoms with Crippen molar-refractivity contribution in [3.8, 4) is 0 Å². The molecule has 1 aliphatic carbocycles. The first-order valence-corrected chi connectivity index (χ1v) is 9.55. The lowest BCUT2D eigenvalue weighted by Gasteiger charge is -2.21. The molecule has 0 saturated carbocycles. The van der Waals surface area contributed by atoms with Gasteiger partial charge in [0.25, 0.3) is 0 Å². The van der Waals surface area contributed by atoms with Crippen molar-refractivity contribution in [1.29, 1.82) is 0 Å². The topological polar surface area (TPSA) is 55.4 Å². The van der Waals surface area contributed by atoms with Crippen LogP contribution in [0.15, 0.2) is 79.4 Å². The molecule has 4 heteroatoms. The molecular formula is C25H21NO3. The molecule has 144 valence electrons. The summed E-state index contributed by atoms with van der Waals surface area (Å²) in [7, 11) is 0. The molecule has 0 amide bonds. The number of nitrogens with one attached hydrogen (secondary N) is 1. The molecule has 0 heterocycles. The van der Waals surface area contributed by atoms with Gasteiger partial charge in [0.05, 0.1) is 24.5 Å². The average molecular weight is 383 g/mol. The van der Waals surface area contributed by atoms with Crippen LogP contribution < -0.4 is 5.32 Å². The van der Waals surface area contributed by atoms with Crippen molar-refractivity contribution < 1.29 is 14.3 Å². The summed E-state index contributed by atoms with van der Waals surface area (Å²) >= 11 is 0. The lowest BCUT2D eigenvalue weighted by Crippen LogP contribution is -2.22. The van der Waals surface area contributed by atoms with Crippen LogP contribution in [0.5, 0.6) is 0 Å². The van der Waals surface area contributed by atoms with Crippen molar-refractivity contribution >= 4 is 22.9 Å². The van der Waals surface area contributed by atoms with Crippen LogP contribution in [-0.2, 0) is 11.2 Å². The van der Waals surface area contributed by atoms with E-state index in [1.807, 2.05) is 30.3 Å². The number of carbonyl (C=O) groups excluding carboxylic acids is 2. The Balaban J connectivity index is 1.68. The molecule has 0 radical (unpaired) electrons. The van der Waals surface area contributed by atoms with E-state index >= 15 is 0 Å². The van der Waals surface area contributed by atoms with Crippen molar-refractivity contribution in [3.63, 3.8) is 0 Å². The molecule has 29 heavy (non-hydrogen) atoms. The number of fused-ring (bicyclic) bond motifs is 2. The maximum absolute atomic E-state index is 13.2. The van der Waals surface area contributed by atoms with Crippen molar-refractivity contribution in [1.82, 2.24) is 0 Å². The fourth-order valence-corrected chi connectivity index (χ4v) is 3.60. The van der Waals surface area contributed by atoms with Gasteiger partial charge in [0.2, 0.25) is 0 Å². The zero-order valence-electron chi connectivity index (χ0n) is 16.0. The summed E-state index contributed by atoms with van der Waals surface area (Å²) in [6.45, 7) is 4.74. The maximum Gasteiger partial charge on any atom is 0.196 e. The Morgan fingerprint density at radius 1 is 0.793 bits per heavy atom. The van der Waals surface area contributed by atoms with E-state index in [1.54, 1.807) is 42.5 Å². The van der Waals surface area contributed by atoms with Gasteiger partial charge in [-0.25, -0.2) is 0 Å². The van der Waals surface area contributed by atoms with Gasteiger partial charge in [0.1, 0.15) is 0 Å². The standard InChI is InChI=1S/C25H21NO3/c1-2-15-29-16-14-17-8-3-6-12-21(17)26-22-13-7-11-20-23(22)25(28)19-10-5-4-9-18(19)24(20)27/h2-13,26H,1,14-16H2. The lowest BCUT2D eigenvalue weighted by molar-refractivity contribution is 0.0979. The molecule has 3 aromatic rings. The highest BCUT2D eigenvalue weighted by atomic mass is 16.5. The highest BCUT2D eigenvalue weighted by Crippen LogP contribution is 2.34. The maximum atomic E-state index is 13.2. The molecule has 0 aromatic heterocycles. The molecule has 0 unspecified atom stereocenters. The zero-order valence-corrected chi connectivity index (χ0v) is 16.0. The Kier molecular flexibility index (Phi) is 5.36. The summed E-state index contributed by atoms with van der Waals surface area (Å²) in [6, 6.07) is 20.2. The summed E-state index contributed by atoms with van der Waals surface area (Å²) in [4.78, 5) is 26.1. The Morgan fingerprint density at radius 3 is 2.24 bits per heavy atom. The normalized spacial score (nSPS) is 12.3. The first-order valence-electron chi connectivity index (χ1n) is 9.55. The summed E-state index contributed by atoms with van der Waals surface area (Å²) < 4.78 is 5.51. The Hall–Kier alpha value is -3.50. The third-order valence-electron chi connectivity index (χ3n) is 4.99. The van der Waals surface area contributed by atoms with E-state index in [9.17, 15) is 9.59 Å². The van der Waals surface area contributed by atoms with E-state index in [2.05, 4.69) is 11.9 Å². The molecule has 0 atom stereocenters. The predicted molar refractivity (Wildman–Crippen MR) is 114 cm³/mol. The van der Waals surface area contributed by atoms with Crippen LogP contribution in [0, 0.1) is 0 Å². The minimum absolute atomic E-state index is 0.120. The Bertz CT molecular complexity index is 1100. The quantitative estimate of drug-likeness (QED) is 0.362. The number of ether oxygens (including phenoxy) is 1. The Morgan fingerprint density at radius 2 is 1.45 bits per heavy atom. The number of para-hydroxylation sites is 1. The summed E-state index contributed by atoms with van der Waals surface area (Å²) in [6.07, 6.45) is 2.45. The van der Waals surface area contributed by atoms with Gasteiger partial charge >= 0.3 is 0 Å². The third kappa shape index (κ3) is 3.62. The van der Waals surface area contributed by atoms with Gasteiger partial charge in [0.15, 0.2) is 11.6 Å². The number of anilines is 2. The van der Waals surface area contributed by atoms with Gasteiger partial charge in [-0.3, -0.25) is 9.59 Å². The molecule has 0 aliphatic heterocycles. The van der Waals surface area contributed by atoms with Gasteiger partial charge in [-0.2, -0.15) is 0 Å². The highest BCUT2D eigenvalue weighted by Gasteiger charge is 2.31. The molecule has 1 N–H and O–H groups in total. The second-order valence-corrected chi connectivity index (χ2v) is 6.83. The minimum atomic E-state index is -0.134. The fraction of sp³-hybridized carbons (Fsp3) is 0.120. The van der Waals surface area contributed by atoms with E-state index in [4.69, 9.17) is 4.74 Å². The van der Waals surface area contributed by atoms with E-state index < -0.39 is 0 Å². The zero-order chi connectivity index (χ0) is 20.2. The third-order valence-corrected chi connectivity index (χ3v) is 4.99. The molecular weight excluding hydrogens is 362 g/mol. The number of carbonyl (C=O) groups is 2. The molecule has 3 aromatic carbocycles. The fourth-order valence-electron chi connectivity index (χ4n) is 3.60. The van der Waals surface area contributed by atoms with Gasteiger partial charge < -0.3 is 10.1 Å². The SMILES string of the molecule is C=CCOCCc1ccccc1Nc1cccc2c1C(=O)c1ccccc1C2=O. The number of hydrogen-bond acceptors (Lipinski definition) is 4. The first-order chi connectivity index (χ1) is 14.2. The van der Waals surface area contributed by atoms with E-state index in [0.717, 1.165) is 17.7 Å². The highest BCUT2D eigenvalue weighted by molar-refractivity contribution is 6.30. The second kappa shape index (κ2) is 8.25. The van der Waals surface area contributed by atoms with Gasteiger partial charge in [-0.1, -0.05) is 60.7 Å². The van der Waals surface area contributed by atoms with Crippen molar-refractivity contribution in [3.05, 3.63) is 107 Å². The van der Waals surface area contributed by atoms with E-state index in [1.165, 1.54) is 0 Å². The molecule has 1 aliphatic rings. The minimum Gasteiger partial charge on any atom is -0.377 e. The average Bonchev–Trinajstić information content (AvgIpc) is 2.76. The monoisotopic (exact) mass is 383 g/mol. The van der Waals surface area contributed by atoms with Crippen LogP contribution in [-0.4, -0.2) is 24.8 Å². The molecule has 0 saturated heterocycles. The van der Waals surface area contributed by atoms with Crippen LogP contribution in [0.4, 0.5) is 11.4 Å². The predicted octanol–water partition coefficient (Wildman–Crippen LogP) is 4.95. The smallest absolute Gasteiger partial charge is 0.196 e. The summed E-state index contributed by atoms with van der Waals surface area (Å²) in [5, 5.41) is 3.37. The van der Waals surface area contributed by atoms with Crippen molar-refractivity contribution in [2.45, 2.75) is 6.42 Å². The van der Waals surface area contributed by atoms with Gasteiger partial charge in [0, 0.05) is 22.4 Å². The number of hydrogen-bond donors (Lipinski definition) is 1. The van der Waals surface area contributed by atoms with Gasteiger partial charge in [-0.15, -0.1) is 6.58 Å². The second-order valence-electron chi connectivity index (χ2n) is 6.83. The number of ketones is 2. The number of rotatable bonds is 7. The molecule has 0 spiro atoms. The van der Waals surface area contributed by atoms with Crippen LogP contribution in [0.1, 0.15) is 37.4 Å². The summed E-state index contributed by atoms with van der Waals surface area (Å²) in [5.74, 6) is -0.255. The first kappa shape index (κ1) is 18.8. The van der Waals surface area contributed by atoms with E-state index in [0.29, 0.717) is 41.2 Å². The molecule has 4 rings (SSSR count). The lowest BCUT2D eigenvalue weighted by atomic mass is 9.83. The molecule has 4 nitrogen and oxygen atoms in total. The van der Waals surface area contributed by atoms with Gasteiger partial charge in [-0.05, 0) is 24.1 Å². The Labute approximate surface area is 169 Å². The van der Waals surface area contributed by atoms with Crippen molar-refractivity contribution in [2.75, 3.05) is 18.5 Å². The summed E-state index contributed by atoms with van der Waals surface area (Å²) in [5.41, 5.74) is 4.37. The largest absolute Gasteiger partial charge is 0.377 e. The van der Waals surface area contributed by atoms with E-state index in [-0.39, 0.29) is 11.6 Å². The van der Waals surface area contributed by atoms with Crippen molar-refractivity contribution in [2.24, 2.45) is 0 Å².